The van der Waals surface area contributed by atoms with E-state index in [1.807, 2.05) is 60.6 Å². The number of rotatable bonds is 17. The lowest BCUT2D eigenvalue weighted by Gasteiger charge is -2.28. The van der Waals surface area contributed by atoms with Crippen LogP contribution in [0.5, 0.6) is 0 Å². The number of aromatic nitrogens is 1. The Labute approximate surface area is 274 Å². The van der Waals surface area contributed by atoms with Gasteiger partial charge in [0.05, 0.1) is 39.4 Å². The van der Waals surface area contributed by atoms with Crippen LogP contribution in [-0.2, 0) is 36.9 Å². The molecule has 2 amide bonds. The van der Waals surface area contributed by atoms with E-state index in [2.05, 4.69) is 40.2 Å². The van der Waals surface area contributed by atoms with Gasteiger partial charge >= 0.3 is 12.1 Å². The Morgan fingerprint density at radius 1 is 0.830 bits per heavy atom. The highest BCUT2D eigenvalue weighted by Crippen LogP contribution is 2.44. The number of hydrogen-bond acceptors (Lipinski definition) is 7. The van der Waals surface area contributed by atoms with Gasteiger partial charge in [0.25, 0.3) is 0 Å². The molecule has 11 heteroatoms. The molecule has 0 aliphatic heterocycles. The molecule has 1 aliphatic rings. The maximum atomic E-state index is 13.2. The molecule has 11 nitrogen and oxygen atoms in total. The number of carboxylic acids is 1. The fraction of sp³-hybridized carbons (Fsp3) is 0.361. The average molecular weight is 643 g/mol. The lowest BCUT2D eigenvalue weighted by Crippen LogP contribution is -2.41. The number of hydrogen-bond donors (Lipinski definition) is 2. The maximum Gasteiger partial charge on any atom is 0.424 e. The summed E-state index contributed by atoms with van der Waals surface area (Å²) in [5, 5.41) is 15.8. The monoisotopic (exact) mass is 642 g/mol. The van der Waals surface area contributed by atoms with E-state index < -0.39 is 12.1 Å². The van der Waals surface area contributed by atoms with Crippen molar-refractivity contribution in [2.75, 3.05) is 53.7 Å². The highest BCUT2D eigenvalue weighted by atomic mass is 16.6. The van der Waals surface area contributed by atoms with Crippen LogP contribution in [0.2, 0.25) is 0 Å². The number of nitrogens with zero attached hydrogens (tertiary/aromatic N) is 3. The molecule has 0 bridgehead atoms. The Bertz CT molecular complexity index is 1640. The lowest BCUT2D eigenvalue weighted by molar-refractivity contribution is -0.138. The number of carbonyl (C=O) groups is 3. The number of aliphatic carboxylic acids is 1. The van der Waals surface area contributed by atoms with Crippen molar-refractivity contribution >= 4 is 28.9 Å². The summed E-state index contributed by atoms with van der Waals surface area (Å²) in [7, 11) is 3.54. The van der Waals surface area contributed by atoms with Gasteiger partial charge in [-0.25, -0.2) is 14.8 Å². The van der Waals surface area contributed by atoms with Crippen LogP contribution in [0.3, 0.4) is 0 Å². The molecular weight excluding hydrogens is 600 g/mol. The predicted molar refractivity (Wildman–Crippen MR) is 178 cm³/mol. The van der Waals surface area contributed by atoms with E-state index in [1.165, 1.54) is 16.1 Å². The minimum absolute atomic E-state index is 0.0187. The minimum Gasteiger partial charge on any atom is -0.481 e. The van der Waals surface area contributed by atoms with Crippen LogP contribution >= 0.6 is 0 Å². The number of carbonyl (C=O) groups excluding carboxylic acids is 2. The van der Waals surface area contributed by atoms with E-state index in [1.54, 1.807) is 7.05 Å². The first kappa shape index (κ1) is 33.6. The topological polar surface area (TPSA) is 123 Å². The van der Waals surface area contributed by atoms with Gasteiger partial charge in [-0.3, -0.25) is 9.59 Å². The predicted octanol–water partition coefficient (Wildman–Crippen LogP) is 4.88. The Morgan fingerprint density at radius 3 is 2.17 bits per heavy atom. The summed E-state index contributed by atoms with van der Waals surface area (Å²) < 4.78 is 18.6. The van der Waals surface area contributed by atoms with Crippen LogP contribution in [0.15, 0.2) is 78.9 Å². The number of carboxylic acid groups (broad SMARTS) is 1. The van der Waals surface area contributed by atoms with Crippen LogP contribution in [0.4, 0.5) is 4.79 Å². The molecular formula is C36H42N4O7. The molecule has 248 valence electrons. The second-order valence-electron chi connectivity index (χ2n) is 11.5. The molecule has 2 N–H and O–H groups in total. The number of aryl methyl sites for hydroxylation is 1. The quantitative estimate of drug-likeness (QED) is 0.123. The molecule has 0 atom stereocenters. The van der Waals surface area contributed by atoms with E-state index in [0.29, 0.717) is 39.5 Å². The fourth-order valence-electron chi connectivity index (χ4n) is 5.88. The zero-order valence-corrected chi connectivity index (χ0v) is 26.9. The van der Waals surface area contributed by atoms with Crippen molar-refractivity contribution in [3.05, 3.63) is 95.7 Å². The molecule has 0 saturated carbocycles. The number of amides is 2. The summed E-state index contributed by atoms with van der Waals surface area (Å²) in [6, 6.07) is 26.6. The van der Waals surface area contributed by atoms with Crippen molar-refractivity contribution in [3.63, 3.8) is 0 Å². The second kappa shape index (κ2) is 16.2. The second-order valence-corrected chi connectivity index (χ2v) is 11.5. The third-order valence-corrected chi connectivity index (χ3v) is 8.36. The number of para-hydroxylation sites is 1. The number of nitrogens with one attached hydrogen (secondary N) is 1. The van der Waals surface area contributed by atoms with Gasteiger partial charge in [-0.15, -0.1) is 0 Å². The largest absolute Gasteiger partial charge is 0.481 e. The summed E-state index contributed by atoms with van der Waals surface area (Å²) >= 11 is 0. The maximum absolute atomic E-state index is 13.2. The minimum atomic E-state index is -0.901. The van der Waals surface area contributed by atoms with Crippen molar-refractivity contribution in [3.8, 4) is 11.1 Å². The fourth-order valence-corrected chi connectivity index (χ4v) is 5.88. The molecule has 4 aromatic rings. The van der Waals surface area contributed by atoms with Gasteiger partial charge in [-0.1, -0.05) is 66.7 Å². The van der Waals surface area contributed by atoms with Gasteiger partial charge in [0.15, 0.2) is 0 Å². The third kappa shape index (κ3) is 8.56. The van der Waals surface area contributed by atoms with Crippen LogP contribution in [-0.4, -0.2) is 91.3 Å². The Balaban J connectivity index is 1.12. The molecule has 5 rings (SSSR count). The van der Waals surface area contributed by atoms with Crippen molar-refractivity contribution in [2.45, 2.75) is 31.8 Å². The summed E-state index contributed by atoms with van der Waals surface area (Å²) in [6.45, 7) is 2.61. The highest BCUT2D eigenvalue weighted by Gasteiger charge is 2.30. The van der Waals surface area contributed by atoms with Gasteiger partial charge < -0.3 is 29.2 Å². The molecule has 0 saturated heterocycles. The first-order valence-corrected chi connectivity index (χ1v) is 15.8. The number of benzene rings is 3. The van der Waals surface area contributed by atoms with E-state index in [4.69, 9.17) is 19.3 Å². The molecule has 0 spiro atoms. The molecule has 47 heavy (non-hydrogen) atoms. The van der Waals surface area contributed by atoms with Crippen LogP contribution in [0.1, 0.15) is 35.6 Å². The van der Waals surface area contributed by atoms with E-state index in [0.717, 1.165) is 27.7 Å². The summed E-state index contributed by atoms with van der Waals surface area (Å²) in [6.07, 6.45) is -0.207. The lowest BCUT2D eigenvalue weighted by atomic mass is 9.98. The van der Waals surface area contributed by atoms with Crippen molar-refractivity contribution in [1.82, 2.24) is 19.9 Å². The summed E-state index contributed by atoms with van der Waals surface area (Å²) in [5.41, 5.74) is 6.67. The van der Waals surface area contributed by atoms with Gasteiger partial charge in [0, 0.05) is 50.7 Å². The summed E-state index contributed by atoms with van der Waals surface area (Å²) in [5.74, 6) is -1.02. The first-order chi connectivity index (χ1) is 22.8. The number of fused-ring (bicyclic) bond motifs is 4. The molecule has 1 aliphatic carbocycles. The third-order valence-electron chi connectivity index (χ3n) is 8.36. The molecule has 0 unspecified atom stereocenters. The van der Waals surface area contributed by atoms with Crippen LogP contribution in [0.25, 0.3) is 22.0 Å². The standard InChI is InChI=1S/C36H42N4O7/c1-38(39(2)36(44)47-25-32-30-12-6-4-10-28(30)29-11-5-7-13-31(29)32)24-27-23-26-9-3-8-14-33(26)40(27)18-15-34(41)37-17-20-46-22-21-45-19-16-35(42)43/h3-14,23,32H,15-22,24-25H2,1-2H3,(H,37,41)(H,42,43). The molecule has 3 aromatic carbocycles. The van der Waals surface area contributed by atoms with Gasteiger partial charge in [-0.05, 0) is 39.8 Å². The van der Waals surface area contributed by atoms with Crippen molar-refractivity contribution in [2.24, 2.45) is 0 Å². The first-order valence-electron chi connectivity index (χ1n) is 15.8. The summed E-state index contributed by atoms with van der Waals surface area (Å²) in [4.78, 5) is 36.4. The van der Waals surface area contributed by atoms with E-state index >= 15 is 0 Å². The number of hydrazine groups is 1. The van der Waals surface area contributed by atoms with Crippen molar-refractivity contribution in [1.29, 1.82) is 0 Å². The Morgan fingerprint density at radius 2 is 1.47 bits per heavy atom. The van der Waals surface area contributed by atoms with Crippen molar-refractivity contribution < 1.29 is 33.7 Å². The van der Waals surface area contributed by atoms with Crippen LogP contribution in [0, 0.1) is 0 Å². The van der Waals surface area contributed by atoms with E-state index in [-0.39, 0.29) is 37.9 Å². The van der Waals surface area contributed by atoms with Crippen LogP contribution < -0.4 is 5.32 Å². The molecule has 1 heterocycles. The average Bonchev–Trinajstić information content (AvgIpc) is 3.59. The molecule has 0 radical (unpaired) electrons. The zero-order valence-electron chi connectivity index (χ0n) is 26.9. The SMILES string of the molecule is CN(Cc1cc2ccccc2n1CCC(=O)NCCOCCOCCC(=O)O)N(C)C(=O)OCC1c2ccccc2-c2ccccc21. The zero-order chi connectivity index (χ0) is 33.2. The smallest absolute Gasteiger partial charge is 0.424 e. The molecule has 1 aromatic heterocycles. The Kier molecular flexibility index (Phi) is 11.6. The van der Waals surface area contributed by atoms with E-state index in [9.17, 15) is 14.4 Å². The van der Waals surface area contributed by atoms with Gasteiger partial charge in [0.1, 0.15) is 6.61 Å². The van der Waals surface area contributed by atoms with Gasteiger partial charge in [-0.2, -0.15) is 0 Å². The number of ether oxygens (including phenoxy) is 3. The Hall–Kier alpha value is -4.71. The normalized spacial score (nSPS) is 12.2. The highest BCUT2D eigenvalue weighted by molar-refractivity contribution is 5.82. The van der Waals surface area contributed by atoms with Gasteiger partial charge in [0.2, 0.25) is 5.91 Å². The molecule has 0 fully saturated rings.